The Balaban J connectivity index is 1.39. The fourth-order valence-corrected chi connectivity index (χ4v) is 4.31. The number of hydrogen-bond donors (Lipinski definition) is 2. The molecular formula is C25H27N5O2S. The quantitative estimate of drug-likeness (QED) is 0.341. The van der Waals surface area contributed by atoms with Crippen molar-refractivity contribution in [1.82, 2.24) is 20.1 Å². The second-order valence-electron chi connectivity index (χ2n) is 8.00. The van der Waals surface area contributed by atoms with Gasteiger partial charge in [-0.05, 0) is 37.5 Å². The molecule has 1 fully saturated rings. The number of aromatic nitrogens is 3. The van der Waals surface area contributed by atoms with E-state index in [-0.39, 0.29) is 23.6 Å². The summed E-state index contributed by atoms with van der Waals surface area (Å²) < 4.78 is 2.02. The Bertz CT molecular complexity index is 1140. The maximum Gasteiger partial charge on any atom is 0.253 e. The molecule has 1 aliphatic carbocycles. The average Bonchev–Trinajstić information content (AvgIpc) is 3.60. The third-order valence-corrected chi connectivity index (χ3v) is 6.39. The zero-order chi connectivity index (χ0) is 23.2. The van der Waals surface area contributed by atoms with Gasteiger partial charge >= 0.3 is 0 Å². The van der Waals surface area contributed by atoms with Crippen molar-refractivity contribution in [3.8, 4) is 0 Å². The van der Waals surface area contributed by atoms with Crippen molar-refractivity contribution < 1.29 is 9.59 Å². The number of amides is 2. The fourth-order valence-electron chi connectivity index (χ4n) is 3.56. The molecule has 2 N–H and O–H groups in total. The summed E-state index contributed by atoms with van der Waals surface area (Å²) in [5.41, 5.74) is 1.91. The van der Waals surface area contributed by atoms with Gasteiger partial charge in [-0.3, -0.25) is 9.59 Å². The smallest absolute Gasteiger partial charge is 0.253 e. The summed E-state index contributed by atoms with van der Waals surface area (Å²) in [4.78, 5) is 25.6. The van der Waals surface area contributed by atoms with Gasteiger partial charge in [0, 0.05) is 12.5 Å². The molecule has 7 nitrogen and oxygen atoms in total. The summed E-state index contributed by atoms with van der Waals surface area (Å²) in [6, 6.07) is 16.6. The van der Waals surface area contributed by atoms with Gasteiger partial charge in [0.2, 0.25) is 5.91 Å². The van der Waals surface area contributed by atoms with Crippen LogP contribution >= 0.6 is 11.8 Å². The lowest BCUT2D eigenvalue weighted by atomic mass is 10.1. The minimum Gasteiger partial charge on any atom is -0.345 e. The lowest BCUT2D eigenvalue weighted by molar-refractivity contribution is -0.113. The minimum absolute atomic E-state index is 0.158. The van der Waals surface area contributed by atoms with E-state index in [1.807, 2.05) is 47.9 Å². The number of nitrogens with one attached hydrogen (secondary N) is 2. The molecule has 2 aromatic carbocycles. The number of rotatable bonds is 10. The van der Waals surface area contributed by atoms with Crippen molar-refractivity contribution in [1.29, 1.82) is 0 Å². The molecule has 1 aliphatic rings. The highest BCUT2D eigenvalue weighted by molar-refractivity contribution is 7.99. The minimum atomic E-state index is -0.241. The Morgan fingerprint density at radius 1 is 1.15 bits per heavy atom. The van der Waals surface area contributed by atoms with Crippen LogP contribution in [0.25, 0.3) is 0 Å². The number of thioether (sulfide) groups is 1. The summed E-state index contributed by atoms with van der Waals surface area (Å²) in [5, 5.41) is 15.1. The molecule has 8 heteroatoms. The van der Waals surface area contributed by atoms with Crippen LogP contribution in [0.1, 0.15) is 53.5 Å². The lowest BCUT2D eigenvalue weighted by Crippen LogP contribution is -2.28. The molecular weight excluding hydrogens is 434 g/mol. The molecule has 0 spiro atoms. The Labute approximate surface area is 197 Å². The van der Waals surface area contributed by atoms with E-state index in [1.54, 1.807) is 24.3 Å². The Hall–Kier alpha value is -3.39. The van der Waals surface area contributed by atoms with Gasteiger partial charge in [0.15, 0.2) is 5.16 Å². The first-order valence-corrected chi connectivity index (χ1v) is 12.0. The van der Waals surface area contributed by atoms with E-state index >= 15 is 0 Å². The molecule has 0 aliphatic heterocycles. The number of benzene rings is 2. The summed E-state index contributed by atoms with van der Waals surface area (Å²) in [6.45, 7) is 6.36. The number of para-hydroxylation sites is 1. The van der Waals surface area contributed by atoms with Gasteiger partial charge in [-0.2, -0.15) is 0 Å². The number of anilines is 1. The summed E-state index contributed by atoms with van der Waals surface area (Å²) >= 11 is 1.33. The summed E-state index contributed by atoms with van der Waals surface area (Å²) in [5.74, 6) is 1.14. The van der Waals surface area contributed by atoms with Crippen LogP contribution in [0.5, 0.6) is 0 Å². The van der Waals surface area contributed by atoms with Crippen LogP contribution in [0, 0.1) is 0 Å². The first-order valence-electron chi connectivity index (χ1n) is 11.0. The Morgan fingerprint density at radius 3 is 2.61 bits per heavy atom. The third kappa shape index (κ3) is 5.70. The van der Waals surface area contributed by atoms with E-state index in [2.05, 4.69) is 27.4 Å². The van der Waals surface area contributed by atoms with Crippen molar-refractivity contribution in [2.75, 3.05) is 11.1 Å². The number of carbonyl (C=O) groups is 2. The van der Waals surface area contributed by atoms with Crippen LogP contribution < -0.4 is 10.6 Å². The normalized spacial score (nSPS) is 13.8. The number of carbonyl (C=O) groups excluding carboxylic acids is 2. The highest BCUT2D eigenvalue weighted by Crippen LogP contribution is 2.40. The van der Waals surface area contributed by atoms with Crippen molar-refractivity contribution in [3.63, 3.8) is 0 Å². The van der Waals surface area contributed by atoms with Crippen LogP contribution in [-0.2, 0) is 11.3 Å². The van der Waals surface area contributed by atoms with E-state index in [0.717, 1.165) is 24.2 Å². The van der Waals surface area contributed by atoms with Crippen LogP contribution in [0.4, 0.5) is 5.69 Å². The first-order chi connectivity index (χ1) is 16.1. The van der Waals surface area contributed by atoms with Gasteiger partial charge in [0.25, 0.3) is 5.91 Å². The summed E-state index contributed by atoms with van der Waals surface area (Å²) in [7, 11) is 0. The first kappa shape index (κ1) is 22.8. The van der Waals surface area contributed by atoms with Gasteiger partial charge in [-0.1, -0.05) is 60.3 Å². The van der Waals surface area contributed by atoms with Gasteiger partial charge in [-0.15, -0.1) is 16.8 Å². The van der Waals surface area contributed by atoms with Crippen molar-refractivity contribution in [3.05, 3.63) is 84.2 Å². The maximum absolute atomic E-state index is 12.9. The average molecular weight is 462 g/mol. The molecule has 33 heavy (non-hydrogen) atoms. The van der Waals surface area contributed by atoms with Crippen molar-refractivity contribution in [2.45, 2.75) is 43.4 Å². The standard InChI is InChI=1S/C25H27N5O2S/c1-3-15-30-23(19-13-14-19)28-29-25(30)33-16-22(31)27-21-12-8-7-11-20(21)24(32)26-17(2)18-9-5-4-6-10-18/h3-12,17,19H,1,13-16H2,2H3,(H,26,32)(H,27,31). The van der Waals surface area contributed by atoms with E-state index < -0.39 is 0 Å². The topological polar surface area (TPSA) is 88.9 Å². The fraction of sp³-hybridized carbons (Fsp3) is 0.280. The van der Waals surface area contributed by atoms with Crippen LogP contribution in [0.2, 0.25) is 0 Å². The maximum atomic E-state index is 12.9. The van der Waals surface area contributed by atoms with Gasteiger partial charge in [0.1, 0.15) is 5.82 Å². The van der Waals surface area contributed by atoms with Crippen LogP contribution in [0.3, 0.4) is 0 Å². The van der Waals surface area contributed by atoms with Gasteiger partial charge in [0.05, 0.1) is 23.0 Å². The SMILES string of the molecule is C=CCn1c(SCC(=O)Nc2ccccc2C(=O)NC(C)c2ccccc2)nnc1C1CC1. The van der Waals surface area contributed by atoms with E-state index in [9.17, 15) is 9.59 Å². The Morgan fingerprint density at radius 2 is 1.88 bits per heavy atom. The van der Waals surface area contributed by atoms with E-state index in [1.165, 1.54) is 11.8 Å². The molecule has 1 unspecified atom stereocenters. The molecule has 0 bridgehead atoms. The molecule has 1 saturated carbocycles. The predicted molar refractivity (Wildman–Crippen MR) is 130 cm³/mol. The van der Waals surface area contributed by atoms with Crippen molar-refractivity contribution >= 4 is 29.3 Å². The third-order valence-electron chi connectivity index (χ3n) is 5.42. The van der Waals surface area contributed by atoms with E-state index in [4.69, 9.17) is 0 Å². The molecule has 0 radical (unpaired) electrons. The highest BCUT2D eigenvalue weighted by atomic mass is 32.2. The molecule has 1 atom stereocenters. The number of hydrogen-bond acceptors (Lipinski definition) is 5. The highest BCUT2D eigenvalue weighted by Gasteiger charge is 2.30. The Kier molecular flexibility index (Phi) is 7.24. The van der Waals surface area contributed by atoms with Crippen LogP contribution in [0.15, 0.2) is 72.4 Å². The monoisotopic (exact) mass is 461 g/mol. The molecule has 1 heterocycles. The van der Waals surface area contributed by atoms with Crippen molar-refractivity contribution in [2.24, 2.45) is 0 Å². The second kappa shape index (κ2) is 10.5. The molecule has 3 aromatic rings. The molecule has 0 saturated heterocycles. The van der Waals surface area contributed by atoms with E-state index in [0.29, 0.717) is 28.9 Å². The van der Waals surface area contributed by atoms with Gasteiger partial charge < -0.3 is 15.2 Å². The molecule has 4 rings (SSSR count). The number of nitrogens with zero attached hydrogens (tertiary/aromatic N) is 3. The zero-order valence-corrected chi connectivity index (χ0v) is 19.3. The van der Waals surface area contributed by atoms with Crippen LogP contribution in [-0.4, -0.2) is 32.3 Å². The molecule has 2 amide bonds. The second-order valence-corrected chi connectivity index (χ2v) is 8.95. The van der Waals surface area contributed by atoms with Gasteiger partial charge in [-0.25, -0.2) is 0 Å². The predicted octanol–water partition coefficient (Wildman–Crippen LogP) is 4.56. The largest absolute Gasteiger partial charge is 0.345 e. The molecule has 1 aromatic heterocycles. The summed E-state index contributed by atoms with van der Waals surface area (Å²) in [6.07, 6.45) is 4.06. The molecule has 170 valence electrons. The number of allylic oxidation sites excluding steroid dienone is 1. The lowest BCUT2D eigenvalue weighted by Gasteiger charge is -2.16. The zero-order valence-electron chi connectivity index (χ0n) is 18.5.